The van der Waals surface area contributed by atoms with Crippen LogP contribution < -0.4 is 0 Å². The quantitative estimate of drug-likeness (QED) is 0.604. The number of benzene rings is 2. The summed E-state index contributed by atoms with van der Waals surface area (Å²) in [6, 6.07) is 18.8. The molecule has 150 valence electrons. The zero-order valence-electron chi connectivity index (χ0n) is 17.1. The topological polar surface area (TPSA) is 64.4 Å². The molecule has 1 heterocycles. The van der Waals surface area contributed by atoms with Crippen LogP contribution in [0.3, 0.4) is 0 Å². The summed E-state index contributed by atoms with van der Waals surface area (Å²) in [4.78, 5) is 26.8. The van der Waals surface area contributed by atoms with Crippen LogP contribution in [0.5, 0.6) is 0 Å². The van der Waals surface area contributed by atoms with E-state index in [0.717, 1.165) is 22.6 Å². The van der Waals surface area contributed by atoms with Crippen molar-refractivity contribution >= 4 is 11.9 Å². The van der Waals surface area contributed by atoms with Gasteiger partial charge in [-0.3, -0.25) is 9.59 Å². The number of nitrogens with zero attached hydrogens (tertiary/aromatic N) is 3. The molecule has 0 aliphatic heterocycles. The molecule has 2 aromatic carbocycles. The minimum absolute atomic E-state index is 0.0501. The van der Waals surface area contributed by atoms with Crippen LogP contribution in [0.1, 0.15) is 28.6 Å². The van der Waals surface area contributed by atoms with Crippen molar-refractivity contribution in [3.63, 3.8) is 0 Å². The lowest BCUT2D eigenvalue weighted by Crippen LogP contribution is -2.31. The van der Waals surface area contributed by atoms with E-state index in [0.29, 0.717) is 5.56 Å². The second-order valence-corrected chi connectivity index (χ2v) is 7.09. The summed E-state index contributed by atoms with van der Waals surface area (Å²) in [5, 5.41) is 4.57. The Morgan fingerprint density at radius 2 is 1.59 bits per heavy atom. The van der Waals surface area contributed by atoms with Crippen LogP contribution >= 0.6 is 0 Å². The lowest BCUT2D eigenvalue weighted by molar-refractivity contribution is -0.159. The SMILES string of the molecule is Cc1nn(-c2ccccc2)c(C)c1CC(=O)O[C@@H](C(=O)N(C)C)c1ccccc1. The summed E-state index contributed by atoms with van der Waals surface area (Å²) in [7, 11) is 3.29. The van der Waals surface area contributed by atoms with Gasteiger partial charge in [-0.25, -0.2) is 4.68 Å². The molecule has 6 heteroatoms. The highest BCUT2D eigenvalue weighted by molar-refractivity contribution is 5.85. The fourth-order valence-electron chi connectivity index (χ4n) is 3.19. The monoisotopic (exact) mass is 391 g/mol. The molecule has 0 spiro atoms. The van der Waals surface area contributed by atoms with Gasteiger partial charge in [-0.05, 0) is 26.0 Å². The third-order valence-corrected chi connectivity index (χ3v) is 4.78. The number of hydrogen-bond acceptors (Lipinski definition) is 4. The van der Waals surface area contributed by atoms with E-state index in [1.165, 1.54) is 4.90 Å². The third-order valence-electron chi connectivity index (χ3n) is 4.78. The maximum absolute atomic E-state index is 12.7. The van der Waals surface area contributed by atoms with Gasteiger partial charge in [0.25, 0.3) is 5.91 Å². The molecule has 1 atom stereocenters. The van der Waals surface area contributed by atoms with Crippen molar-refractivity contribution < 1.29 is 14.3 Å². The lowest BCUT2D eigenvalue weighted by atomic mass is 10.1. The predicted molar refractivity (Wildman–Crippen MR) is 111 cm³/mol. The number of aromatic nitrogens is 2. The van der Waals surface area contributed by atoms with Crippen LogP contribution in [0.4, 0.5) is 0 Å². The van der Waals surface area contributed by atoms with Crippen LogP contribution in [0, 0.1) is 13.8 Å². The Hall–Kier alpha value is -3.41. The fourth-order valence-corrected chi connectivity index (χ4v) is 3.19. The van der Waals surface area contributed by atoms with Crippen molar-refractivity contribution in [3.8, 4) is 5.69 Å². The molecule has 1 amide bonds. The standard InChI is InChI=1S/C23H25N3O3/c1-16-20(17(2)26(24-16)19-13-9-6-10-14-19)15-21(27)29-22(23(28)25(3)4)18-11-7-5-8-12-18/h5-14,22H,15H2,1-4H3/t22-/m1/s1. The van der Waals surface area contributed by atoms with Gasteiger partial charge in [0.1, 0.15) is 0 Å². The summed E-state index contributed by atoms with van der Waals surface area (Å²) in [6.45, 7) is 3.80. The summed E-state index contributed by atoms with van der Waals surface area (Å²) < 4.78 is 7.44. The van der Waals surface area contributed by atoms with E-state index in [9.17, 15) is 9.59 Å². The molecule has 0 saturated carbocycles. The minimum Gasteiger partial charge on any atom is -0.447 e. The van der Waals surface area contributed by atoms with Gasteiger partial charge >= 0.3 is 5.97 Å². The van der Waals surface area contributed by atoms with E-state index >= 15 is 0 Å². The second kappa shape index (κ2) is 8.73. The highest BCUT2D eigenvalue weighted by Crippen LogP contribution is 2.23. The van der Waals surface area contributed by atoms with Crippen LogP contribution in [0.25, 0.3) is 5.69 Å². The van der Waals surface area contributed by atoms with Crippen LogP contribution in [0.15, 0.2) is 60.7 Å². The maximum Gasteiger partial charge on any atom is 0.311 e. The number of likely N-dealkylation sites (N-methyl/N-ethyl adjacent to an activating group) is 1. The number of aryl methyl sites for hydroxylation is 1. The first-order chi connectivity index (χ1) is 13.9. The second-order valence-electron chi connectivity index (χ2n) is 7.09. The average Bonchev–Trinajstić information content (AvgIpc) is 3.01. The first kappa shape index (κ1) is 20.3. The Balaban J connectivity index is 1.82. The molecule has 1 aromatic heterocycles. The van der Waals surface area contributed by atoms with Crippen LogP contribution in [-0.2, 0) is 20.7 Å². The highest BCUT2D eigenvalue weighted by Gasteiger charge is 2.27. The van der Waals surface area contributed by atoms with Crippen molar-refractivity contribution in [1.29, 1.82) is 0 Å². The van der Waals surface area contributed by atoms with E-state index in [2.05, 4.69) is 5.10 Å². The summed E-state index contributed by atoms with van der Waals surface area (Å²) in [5.41, 5.74) is 4.02. The van der Waals surface area contributed by atoms with Crippen LogP contribution in [-0.4, -0.2) is 40.7 Å². The Labute approximate surface area is 170 Å². The number of esters is 1. The molecule has 0 aliphatic carbocycles. The third kappa shape index (κ3) is 4.54. The van der Waals surface area contributed by atoms with E-state index in [1.54, 1.807) is 26.2 Å². The van der Waals surface area contributed by atoms with Gasteiger partial charge in [-0.2, -0.15) is 5.10 Å². The summed E-state index contributed by atoms with van der Waals surface area (Å²) in [6.07, 6.45) is -0.919. The predicted octanol–water partition coefficient (Wildman–Crippen LogP) is 3.40. The number of para-hydroxylation sites is 1. The number of hydrogen-bond donors (Lipinski definition) is 0. The molecule has 0 N–H and O–H groups in total. The largest absolute Gasteiger partial charge is 0.447 e. The van der Waals surface area contributed by atoms with Crippen molar-refractivity contribution in [1.82, 2.24) is 14.7 Å². The van der Waals surface area contributed by atoms with Gasteiger partial charge < -0.3 is 9.64 Å². The fraction of sp³-hybridized carbons (Fsp3) is 0.261. The first-order valence-corrected chi connectivity index (χ1v) is 9.44. The number of carbonyl (C=O) groups is 2. The Morgan fingerprint density at radius 1 is 1.00 bits per heavy atom. The van der Waals surface area contributed by atoms with E-state index in [1.807, 2.05) is 67.1 Å². The molecular formula is C23H25N3O3. The highest BCUT2D eigenvalue weighted by atomic mass is 16.5. The normalized spacial score (nSPS) is 11.7. The molecular weight excluding hydrogens is 366 g/mol. The number of rotatable bonds is 6. The molecule has 0 unspecified atom stereocenters. The van der Waals surface area contributed by atoms with Crippen molar-refractivity contribution in [2.75, 3.05) is 14.1 Å². The van der Waals surface area contributed by atoms with Crippen LogP contribution in [0.2, 0.25) is 0 Å². The molecule has 29 heavy (non-hydrogen) atoms. The molecule has 6 nitrogen and oxygen atoms in total. The average molecular weight is 391 g/mol. The van der Waals surface area contributed by atoms with Crippen molar-refractivity contribution in [2.24, 2.45) is 0 Å². The molecule has 0 radical (unpaired) electrons. The zero-order valence-corrected chi connectivity index (χ0v) is 17.1. The van der Waals surface area contributed by atoms with Gasteiger partial charge in [0, 0.05) is 30.9 Å². The van der Waals surface area contributed by atoms with Gasteiger partial charge in [-0.1, -0.05) is 48.5 Å². The summed E-state index contributed by atoms with van der Waals surface area (Å²) >= 11 is 0. The zero-order chi connectivity index (χ0) is 21.0. The van der Waals surface area contributed by atoms with E-state index in [4.69, 9.17) is 4.74 Å². The molecule has 0 fully saturated rings. The Morgan fingerprint density at radius 3 is 2.17 bits per heavy atom. The van der Waals surface area contributed by atoms with Gasteiger partial charge in [0.2, 0.25) is 6.10 Å². The molecule has 0 bridgehead atoms. The minimum atomic E-state index is -0.969. The van der Waals surface area contributed by atoms with Gasteiger partial charge in [-0.15, -0.1) is 0 Å². The van der Waals surface area contributed by atoms with Crippen molar-refractivity contribution in [2.45, 2.75) is 26.4 Å². The summed E-state index contributed by atoms with van der Waals surface area (Å²) in [5.74, 6) is -0.745. The first-order valence-electron chi connectivity index (χ1n) is 9.44. The maximum atomic E-state index is 12.7. The molecule has 3 rings (SSSR count). The molecule has 0 saturated heterocycles. The molecule has 3 aromatic rings. The lowest BCUT2D eigenvalue weighted by Gasteiger charge is -2.21. The number of carbonyl (C=O) groups excluding carboxylic acids is 2. The number of ether oxygens (including phenoxy) is 1. The van der Waals surface area contributed by atoms with Gasteiger partial charge in [0.15, 0.2) is 0 Å². The van der Waals surface area contributed by atoms with Crippen molar-refractivity contribution in [3.05, 3.63) is 83.2 Å². The Bertz CT molecular complexity index is 995. The smallest absolute Gasteiger partial charge is 0.311 e. The Kier molecular flexibility index (Phi) is 6.12. The van der Waals surface area contributed by atoms with E-state index < -0.39 is 12.1 Å². The van der Waals surface area contributed by atoms with E-state index in [-0.39, 0.29) is 12.3 Å². The van der Waals surface area contributed by atoms with Gasteiger partial charge in [0.05, 0.1) is 17.8 Å². The number of amides is 1. The molecule has 0 aliphatic rings.